The zero-order valence-electron chi connectivity index (χ0n) is 18.7. The second-order valence-electron chi connectivity index (χ2n) is 9.92. The summed E-state index contributed by atoms with van der Waals surface area (Å²) in [5.74, 6) is -0.289. The average molecular weight is 519 g/mol. The number of carbonyl (C=O) groups is 2. The fourth-order valence-corrected chi connectivity index (χ4v) is 5.54. The molecule has 2 bridgehead atoms. The van der Waals surface area contributed by atoms with Crippen molar-refractivity contribution in [2.24, 2.45) is 0 Å². The van der Waals surface area contributed by atoms with Crippen LogP contribution in [0, 0.1) is 0 Å². The number of rotatable bonds is 5. The second-order valence-corrected chi connectivity index (χ2v) is 10.4. The highest BCUT2D eigenvalue weighted by Gasteiger charge is 2.55. The number of nitrogens with one attached hydrogen (secondary N) is 2. The molecule has 3 aliphatic heterocycles. The lowest BCUT2D eigenvalue weighted by atomic mass is 9.70. The molecule has 192 valence electrons. The highest BCUT2D eigenvalue weighted by atomic mass is 35.5. The number of fused-ring (bicyclic) bond motifs is 4. The van der Waals surface area contributed by atoms with Crippen molar-refractivity contribution in [3.63, 3.8) is 0 Å². The van der Waals surface area contributed by atoms with Gasteiger partial charge in [-0.1, -0.05) is 11.6 Å². The van der Waals surface area contributed by atoms with Gasteiger partial charge in [-0.05, 0) is 56.7 Å². The number of alkyl halides is 3. The van der Waals surface area contributed by atoms with E-state index < -0.39 is 35.8 Å². The molecule has 1 aromatic rings. The Morgan fingerprint density at radius 1 is 1.14 bits per heavy atom. The molecule has 0 radical (unpaired) electrons. The fourth-order valence-electron chi connectivity index (χ4n) is 5.36. The van der Waals surface area contributed by atoms with Crippen LogP contribution in [0.4, 0.5) is 13.2 Å². The minimum atomic E-state index is -4.68. The van der Waals surface area contributed by atoms with Crippen molar-refractivity contribution in [1.29, 1.82) is 0 Å². The zero-order valence-corrected chi connectivity index (χ0v) is 19.5. The summed E-state index contributed by atoms with van der Waals surface area (Å²) in [7, 11) is 0. The predicted molar refractivity (Wildman–Crippen MR) is 116 cm³/mol. The average Bonchev–Trinajstić information content (AvgIpc) is 2.78. The van der Waals surface area contributed by atoms with Crippen LogP contribution in [0.1, 0.15) is 56.6 Å². The number of hydrogen-bond donors (Lipinski definition) is 3. The maximum Gasteiger partial charge on any atom is 0.522 e. The maximum absolute atomic E-state index is 13.0. The minimum Gasteiger partial charge on any atom is -0.480 e. The lowest BCUT2D eigenvalue weighted by Crippen LogP contribution is -2.68. The van der Waals surface area contributed by atoms with Gasteiger partial charge in [0.1, 0.15) is 11.4 Å². The summed E-state index contributed by atoms with van der Waals surface area (Å²) >= 11 is 5.98. The summed E-state index contributed by atoms with van der Waals surface area (Å²) < 4.78 is 52.6. The number of ether oxygens (including phenoxy) is 3. The van der Waals surface area contributed by atoms with Gasteiger partial charge >= 0.3 is 6.36 Å². The van der Waals surface area contributed by atoms with E-state index in [1.54, 1.807) is 18.2 Å². The van der Waals surface area contributed by atoms with Gasteiger partial charge in [-0.2, -0.15) is 0 Å². The van der Waals surface area contributed by atoms with Crippen molar-refractivity contribution in [1.82, 2.24) is 10.6 Å². The van der Waals surface area contributed by atoms with Gasteiger partial charge < -0.3 is 25.2 Å². The van der Waals surface area contributed by atoms with Crippen LogP contribution >= 0.6 is 11.6 Å². The summed E-state index contributed by atoms with van der Waals surface area (Å²) in [6.07, 6.45) is -5.32. The summed E-state index contributed by atoms with van der Waals surface area (Å²) in [5.41, 5.74) is -1.15. The molecular weight excluding hydrogens is 493 g/mol. The van der Waals surface area contributed by atoms with E-state index in [1.807, 2.05) is 0 Å². The first-order chi connectivity index (χ1) is 16.5. The number of halogens is 4. The Labute approximate surface area is 204 Å². The van der Waals surface area contributed by atoms with Crippen molar-refractivity contribution in [3.05, 3.63) is 28.8 Å². The first kappa shape index (κ1) is 24.6. The molecule has 12 heteroatoms. The number of aliphatic hydroxyl groups excluding tert-OH is 1. The summed E-state index contributed by atoms with van der Waals surface area (Å²) in [6, 6.07) is 4.48. The zero-order chi connectivity index (χ0) is 25.0. The predicted octanol–water partition coefficient (Wildman–Crippen LogP) is 2.91. The molecule has 3 N–H and O–H groups in total. The molecule has 2 aliphatic carbocycles. The third-order valence-electron chi connectivity index (χ3n) is 7.50. The largest absolute Gasteiger partial charge is 0.522 e. The van der Waals surface area contributed by atoms with Crippen LogP contribution in [0.2, 0.25) is 5.02 Å². The van der Waals surface area contributed by atoms with Crippen molar-refractivity contribution in [3.8, 4) is 5.75 Å². The molecule has 35 heavy (non-hydrogen) atoms. The van der Waals surface area contributed by atoms with E-state index in [0.29, 0.717) is 42.0 Å². The Morgan fingerprint density at radius 3 is 2.49 bits per heavy atom. The molecule has 2 atom stereocenters. The smallest absolute Gasteiger partial charge is 0.480 e. The molecule has 0 aromatic heterocycles. The Bertz CT molecular complexity index is 991. The molecule has 4 fully saturated rings. The highest BCUT2D eigenvalue weighted by Crippen LogP contribution is 2.45. The van der Waals surface area contributed by atoms with E-state index in [2.05, 4.69) is 15.4 Å². The molecule has 0 unspecified atom stereocenters. The Morgan fingerprint density at radius 2 is 1.86 bits per heavy atom. The molecule has 2 amide bonds. The minimum absolute atomic E-state index is 0.0862. The van der Waals surface area contributed by atoms with Crippen molar-refractivity contribution < 1.29 is 42.1 Å². The molecule has 6 rings (SSSR count). The lowest BCUT2D eigenvalue weighted by molar-refractivity contribution is -0.351. The SMILES string of the molecule is O=C(NC12CCC(C(=O)NC3CC(OC(F)(F)F)C3)(CC1)OC2)[C@@H]1C[C@H](O)c2cc(Cl)ccc2O1. The standard InChI is InChI=1S/C23H26ClF3N2O6/c24-12-1-2-17-15(7-12)16(30)10-18(34-17)19(31)29-21-3-5-22(6-4-21,33-11-21)20(32)28-13-8-14(9-13)35-23(25,26)27/h1-2,7,13-14,16,18,30H,3-6,8-11H2,(H,28,32)(H,29,31)/t13?,14?,16-,18-,21?,22?/m0/s1. The molecular formula is C23H26ClF3N2O6. The Kier molecular flexibility index (Phi) is 6.18. The number of aliphatic hydroxyl groups is 1. The number of benzene rings is 1. The van der Waals surface area contributed by atoms with Gasteiger partial charge in [0.2, 0.25) is 0 Å². The number of hydrogen-bond acceptors (Lipinski definition) is 6. The van der Waals surface area contributed by atoms with E-state index in [0.717, 1.165) is 0 Å². The maximum atomic E-state index is 13.0. The normalized spacial score (nSPS) is 35.9. The quantitative estimate of drug-likeness (QED) is 0.553. The molecule has 0 spiro atoms. The van der Waals surface area contributed by atoms with E-state index in [4.69, 9.17) is 21.1 Å². The number of amides is 2. The first-order valence-electron chi connectivity index (χ1n) is 11.6. The topological polar surface area (TPSA) is 106 Å². The van der Waals surface area contributed by atoms with Crippen molar-refractivity contribution >= 4 is 23.4 Å². The van der Waals surface area contributed by atoms with Crippen LogP contribution in [0.15, 0.2) is 18.2 Å². The van der Waals surface area contributed by atoms with E-state index >= 15 is 0 Å². The monoisotopic (exact) mass is 518 g/mol. The Hall–Kier alpha value is -2.08. The summed E-state index contributed by atoms with van der Waals surface area (Å²) in [5, 5.41) is 16.7. The Balaban J connectivity index is 1.13. The van der Waals surface area contributed by atoms with Crippen LogP contribution in [0.5, 0.6) is 5.75 Å². The first-order valence-corrected chi connectivity index (χ1v) is 12.0. The summed E-state index contributed by atoms with van der Waals surface area (Å²) in [4.78, 5) is 25.9. The third kappa shape index (κ3) is 4.96. The lowest BCUT2D eigenvalue weighted by Gasteiger charge is -2.53. The molecule has 3 heterocycles. The van der Waals surface area contributed by atoms with Gasteiger partial charge in [0.05, 0.1) is 24.4 Å². The van der Waals surface area contributed by atoms with E-state index in [9.17, 15) is 27.9 Å². The van der Waals surface area contributed by atoms with Crippen LogP contribution in [-0.2, 0) is 19.1 Å². The van der Waals surface area contributed by atoms with Gasteiger partial charge in [-0.25, -0.2) is 0 Å². The van der Waals surface area contributed by atoms with Crippen LogP contribution in [0.3, 0.4) is 0 Å². The van der Waals surface area contributed by atoms with E-state index in [1.165, 1.54) is 0 Å². The van der Waals surface area contributed by atoms with E-state index in [-0.39, 0.29) is 43.7 Å². The molecule has 1 aromatic carbocycles. The van der Waals surface area contributed by atoms with Gasteiger partial charge in [0, 0.05) is 23.0 Å². The molecule has 2 saturated carbocycles. The molecule has 2 saturated heterocycles. The third-order valence-corrected chi connectivity index (χ3v) is 7.74. The van der Waals surface area contributed by atoms with Crippen LogP contribution in [0.25, 0.3) is 0 Å². The highest BCUT2D eigenvalue weighted by molar-refractivity contribution is 6.30. The van der Waals surface area contributed by atoms with Gasteiger partial charge in [0.25, 0.3) is 11.8 Å². The van der Waals surface area contributed by atoms with Crippen molar-refractivity contribution in [2.45, 2.75) is 86.8 Å². The molecule has 5 aliphatic rings. The van der Waals surface area contributed by atoms with Gasteiger partial charge in [0.15, 0.2) is 6.10 Å². The van der Waals surface area contributed by atoms with Crippen LogP contribution in [-0.4, -0.2) is 59.3 Å². The van der Waals surface area contributed by atoms with Gasteiger partial charge in [-0.15, -0.1) is 13.2 Å². The number of carbonyl (C=O) groups excluding carboxylic acids is 2. The van der Waals surface area contributed by atoms with Crippen molar-refractivity contribution in [2.75, 3.05) is 6.61 Å². The summed E-state index contributed by atoms with van der Waals surface area (Å²) in [6.45, 7) is 0.137. The second kappa shape index (κ2) is 8.79. The fraction of sp³-hybridized carbons (Fsp3) is 0.652. The molecule has 8 nitrogen and oxygen atoms in total. The van der Waals surface area contributed by atoms with Gasteiger partial charge in [-0.3, -0.25) is 14.3 Å². The van der Waals surface area contributed by atoms with Crippen LogP contribution < -0.4 is 15.4 Å².